The Morgan fingerprint density at radius 2 is 1.88 bits per heavy atom. The molecular weight excluding hydrogens is 438 g/mol. The summed E-state index contributed by atoms with van der Waals surface area (Å²) in [4.78, 5) is 25.7. The zero-order valence-electron chi connectivity index (χ0n) is 17.7. The van der Waals surface area contributed by atoms with Gasteiger partial charge in [-0.3, -0.25) is 9.78 Å². The second-order valence-electron chi connectivity index (χ2n) is 7.31. The van der Waals surface area contributed by atoms with E-state index in [0.717, 1.165) is 22.5 Å². The van der Waals surface area contributed by atoms with Gasteiger partial charge in [0.2, 0.25) is 5.95 Å². The van der Waals surface area contributed by atoms with Gasteiger partial charge in [-0.15, -0.1) is 0 Å². The van der Waals surface area contributed by atoms with Crippen LogP contribution in [0.2, 0.25) is 0 Å². The molecule has 0 bridgehead atoms. The summed E-state index contributed by atoms with van der Waals surface area (Å²) in [5, 5.41) is 6.06. The summed E-state index contributed by atoms with van der Waals surface area (Å²) in [7, 11) is -2.56. The number of rotatable bonds is 7. The van der Waals surface area contributed by atoms with E-state index in [0.29, 0.717) is 22.8 Å². The Bertz CT molecular complexity index is 1370. The molecule has 8 nitrogen and oxygen atoms in total. The zero-order chi connectivity index (χ0) is 23.2. The first-order valence-electron chi connectivity index (χ1n) is 10.1. The van der Waals surface area contributed by atoms with Crippen LogP contribution in [0, 0.1) is 6.92 Å². The highest BCUT2D eigenvalue weighted by molar-refractivity contribution is 7.71. The molecule has 0 radical (unpaired) electrons. The predicted octanol–water partition coefficient (Wildman–Crippen LogP) is 3.95. The van der Waals surface area contributed by atoms with Gasteiger partial charge in [-0.25, -0.2) is 18.4 Å². The molecule has 0 saturated heterocycles. The lowest BCUT2D eigenvalue weighted by Gasteiger charge is -2.12. The first kappa shape index (κ1) is 22.1. The Hall–Kier alpha value is -4.11. The van der Waals surface area contributed by atoms with Crippen molar-refractivity contribution >= 4 is 33.9 Å². The molecule has 0 fully saturated rings. The summed E-state index contributed by atoms with van der Waals surface area (Å²) >= 11 is 0. The van der Waals surface area contributed by atoms with Gasteiger partial charge >= 0.3 is 0 Å². The van der Waals surface area contributed by atoms with Crippen molar-refractivity contribution in [1.82, 2.24) is 15.0 Å². The van der Waals surface area contributed by atoms with Gasteiger partial charge in [0.25, 0.3) is 5.91 Å². The van der Waals surface area contributed by atoms with Gasteiger partial charge in [0.05, 0.1) is 11.4 Å². The molecule has 0 spiro atoms. The smallest absolute Gasteiger partial charge is 0.255 e. The number of thiol groups is 1. The van der Waals surface area contributed by atoms with Gasteiger partial charge in [-0.05, 0) is 60.5 Å². The normalized spacial score (nSPS) is 10.7. The van der Waals surface area contributed by atoms with Crippen molar-refractivity contribution in [3.63, 3.8) is 0 Å². The fourth-order valence-corrected chi connectivity index (χ4v) is 3.71. The van der Waals surface area contributed by atoms with Crippen molar-refractivity contribution in [2.24, 2.45) is 0 Å². The molecule has 0 aliphatic rings. The number of anilines is 3. The number of nitrogens with zero attached hydrogens (tertiary/aromatic N) is 3. The van der Waals surface area contributed by atoms with Crippen LogP contribution in [0.25, 0.3) is 11.3 Å². The number of pyridine rings is 1. The van der Waals surface area contributed by atoms with E-state index in [1.807, 2.05) is 31.2 Å². The molecule has 9 heteroatoms. The quantitative estimate of drug-likeness (QED) is 0.359. The number of hydrogen-bond donors (Lipinski definition) is 3. The van der Waals surface area contributed by atoms with E-state index in [4.69, 9.17) is 0 Å². The van der Waals surface area contributed by atoms with Crippen molar-refractivity contribution in [3.8, 4) is 11.3 Å². The Balaban J connectivity index is 1.52. The Morgan fingerprint density at radius 1 is 1.00 bits per heavy atom. The molecule has 0 unspecified atom stereocenters. The molecule has 2 N–H and O–H groups in total. The standard InChI is InChI=1S/C24H21N5O3S/c1-16-7-8-20(27-23(30)18-5-2-4-17(12-18)15-33(31)32)13-22(16)29-24-26-11-9-21(28-24)19-6-3-10-25-14-19/h2-14,33H,15H2,1H3,(H,27,30)(H,26,28,29). The van der Waals surface area contributed by atoms with Crippen LogP contribution in [-0.2, 0) is 16.5 Å². The lowest BCUT2D eigenvalue weighted by molar-refractivity contribution is 0.102. The molecule has 0 saturated carbocycles. The first-order valence-corrected chi connectivity index (χ1v) is 11.5. The van der Waals surface area contributed by atoms with Crippen molar-refractivity contribution < 1.29 is 13.2 Å². The third kappa shape index (κ3) is 5.78. The summed E-state index contributed by atoms with van der Waals surface area (Å²) in [6, 6.07) is 17.6. The van der Waals surface area contributed by atoms with Gasteiger partial charge in [-0.2, -0.15) is 0 Å². The molecule has 2 aromatic heterocycles. The van der Waals surface area contributed by atoms with E-state index in [1.165, 1.54) is 0 Å². The number of aromatic nitrogens is 3. The summed E-state index contributed by atoms with van der Waals surface area (Å²) < 4.78 is 22.0. The second-order valence-corrected chi connectivity index (χ2v) is 8.29. The molecule has 0 atom stereocenters. The first-order chi connectivity index (χ1) is 16.0. The molecule has 33 heavy (non-hydrogen) atoms. The maximum absolute atomic E-state index is 12.7. The van der Waals surface area contributed by atoms with Crippen LogP contribution < -0.4 is 10.6 Å². The van der Waals surface area contributed by atoms with Crippen LogP contribution in [0.3, 0.4) is 0 Å². The number of carbonyl (C=O) groups is 1. The van der Waals surface area contributed by atoms with Crippen LogP contribution in [0.15, 0.2) is 79.3 Å². The fraction of sp³-hybridized carbons (Fsp3) is 0.0833. The van der Waals surface area contributed by atoms with E-state index >= 15 is 0 Å². The number of carbonyl (C=O) groups excluding carboxylic acids is 1. The van der Waals surface area contributed by atoms with Crippen LogP contribution in [-0.4, -0.2) is 29.3 Å². The van der Waals surface area contributed by atoms with E-state index in [9.17, 15) is 13.2 Å². The highest BCUT2D eigenvalue weighted by atomic mass is 32.2. The molecule has 1 amide bonds. The summed E-state index contributed by atoms with van der Waals surface area (Å²) in [5.41, 5.74) is 4.84. The van der Waals surface area contributed by atoms with Gasteiger partial charge in [0.1, 0.15) is 10.7 Å². The lowest BCUT2D eigenvalue weighted by Crippen LogP contribution is -2.12. The summed E-state index contributed by atoms with van der Waals surface area (Å²) in [6.45, 7) is 1.94. The van der Waals surface area contributed by atoms with Crippen molar-refractivity contribution in [3.05, 3.63) is 95.9 Å². The van der Waals surface area contributed by atoms with Crippen LogP contribution >= 0.6 is 0 Å². The van der Waals surface area contributed by atoms with Crippen LogP contribution in [0.1, 0.15) is 21.5 Å². The molecular formula is C24H21N5O3S. The summed E-state index contributed by atoms with van der Waals surface area (Å²) in [5.74, 6) is -0.0161. The highest BCUT2D eigenvalue weighted by Crippen LogP contribution is 2.24. The molecule has 166 valence electrons. The highest BCUT2D eigenvalue weighted by Gasteiger charge is 2.10. The largest absolute Gasteiger partial charge is 0.324 e. The minimum Gasteiger partial charge on any atom is -0.324 e. The monoisotopic (exact) mass is 459 g/mol. The van der Waals surface area contributed by atoms with Gasteiger partial charge in [0.15, 0.2) is 0 Å². The molecule has 2 aromatic carbocycles. The maximum atomic E-state index is 12.7. The minimum absolute atomic E-state index is 0.104. The number of amides is 1. The Labute approximate surface area is 192 Å². The number of benzene rings is 2. The average Bonchev–Trinajstić information content (AvgIpc) is 2.82. The minimum atomic E-state index is -2.56. The van der Waals surface area contributed by atoms with E-state index < -0.39 is 10.7 Å². The molecule has 0 aliphatic heterocycles. The zero-order valence-corrected chi connectivity index (χ0v) is 18.6. The molecule has 4 rings (SSSR count). The summed E-state index contributed by atoms with van der Waals surface area (Å²) in [6.07, 6.45) is 5.10. The van der Waals surface area contributed by atoms with E-state index in [2.05, 4.69) is 25.6 Å². The molecule has 4 aromatic rings. The SMILES string of the molecule is Cc1ccc(NC(=O)c2cccc(C[SH](=O)=O)c2)cc1Nc1nccc(-c2cccnc2)n1. The van der Waals surface area contributed by atoms with Crippen molar-refractivity contribution in [2.75, 3.05) is 10.6 Å². The fourth-order valence-electron chi connectivity index (χ4n) is 3.21. The number of aryl methyl sites for hydroxylation is 1. The Morgan fingerprint density at radius 3 is 2.67 bits per heavy atom. The topological polar surface area (TPSA) is 114 Å². The number of hydrogen-bond acceptors (Lipinski definition) is 7. The van der Waals surface area contributed by atoms with Crippen LogP contribution in [0.5, 0.6) is 0 Å². The van der Waals surface area contributed by atoms with Crippen molar-refractivity contribution in [1.29, 1.82) is 0 Å². The van der Waals surface area contributed by atoms with Crippen LogP contribution in [0.4, 0.5) is 17.3 Å². The van der Waals surface area contributed by atoms with E-state index in [-0.39, 0.29) is 11.7 Å². The average molecular weight is 460 g/mol. The van der Waals surface area contributed by atoms with E-state index in [1.54, 1.807) is 55.0 Å². The maximum Gasteiger partial charge on any atom is 0.255 e. The van der Waals surface area contributed by atoms with Crippen molar-refractivity contribution in [2.45, 2.75) is 12.7 Å². The van der Waals surface area contributed by atoms with Gasteiger partial charge in [0, 0.05) is 41.1 Å². The Kier molecular flexibility index (Phi) is 6.70. The second kappa shape index (κ2) is 10.0. The number of nitrogens with one attached hydrogen (secondary N) is 2. The molecule has 2 heterocycles. The predicted molar refractivity (Wildman–Crippen MR) is 128 cm³/mol. The third-order valence-corrected chi connectivity index (χ3v) is 5.48. The van der Waals surface area contributed by atoms with Gasteiger partial charge in [-0.1, -0.05) is 18.2 Å². The van der Waals surface area contributed by atoms with Gasteiger partial charge < -0.3 is 10.6 Å². The third-order valence-electron chi connectivity index (χ3n) is 4.86. The molecule has 0 aliphatic carbocycles. The lowest BCUT2D eigenvalue weighted by atomic mass is 10.1.